The Morgan fingerprint density at radius 3 is 2.07 bits per heavy atom. The lowest BCUT2D eigenvalue weighted by Gasteiger charge is -2.35. The smallest absolute Gasteiger partial charge is 0.253 e. The Morgan fingerprint density at radius 2 is 1.54 bits per heavy atom. The lowest BCUT2D eigenvalue weighted by molar-refractivity contribution is -0.142. The number of piperidine rings is 1. The van der Waals surface area contributed by atoms with Crippen LogP contribution in [0.5, 0.6) is 0 Å². The number of carbonyl (C=O) groups excluding carboxylic acids is 3. The molecule has 6 nitrogen and oxygen atoms in total. The molecule has 2 N–H and O–H groups in total. The van der Waals surface area contributed by atoms with E-state index >= 15 is 0 Å². The fraction of sp³-hybridized carbons (Fsp3) is 0.591. The summed E-state index contributed by atoms with van der Waals surface area (Å²) in [6.07, 6.45) is 1.26. The molecule has 0 saturated carbocycles. The maximum Gasteiger partial charge on any atom is 0.253 e. The molecule has 6 heteroatoms. The summed E-state index contributed by atoms with van der Waals surface area (Å²) >= 11 is 0. The summed E-state index contributed by atoms with van der Waals surface area (Å²) in [7, 11) is 0. The van der Waals surface area contributed by atoms with E-state index in [1.807, 2.05) is 46.4 Å². The van der Waals surface area contributed by atoms with Crippen LogP contribution in [0.25, 0.3) is 0 Å². The van der Waals surface area contributed by atoms with Gasteiger partial charge in [-0.2, -0.15) is 0 Å². The summed E-state index contributed by atoms with van der Waals surface area (Å²) in [6, 6.07) is 7.03. The third kappa shape index (κ3) is 5.81. The number of anilines is 1. The Hall–Kier alpha value is -2.37. The number of carbonyl (C=O) groups is 3. The normalized spacial score (nSPS) is 15.9. The van der Waals surface area contributed by atoms with Gasteiger partial charge in [-0.1, -0.05) is 32.9 Å². The average Bonchev–Trinajstić information content (AvgIpc) is 2.59. The molecule has 2 rings (SSSR count). The SMILES string of the molecule is CC(C)(C)NC(=O)c1ccccc1NC(=O)C1CCN(C(=O)C(C)(C)C)CC1. The van der Waals surface area contributed by atoms with E-state index in [2.05, 4.69) is 10.6 Å². The topological polar surface area (TPSA) is 78.5 Å². The molecular formula is C22H33N3O3. The van der Waals surface area contributed by atoms with Crippen molar-refractivity contribution in [3.05, 3.63) is 29.8 Å². The van der Waals surface area contributed by atoms with Crippen LogP contribution in [-0.2, 0) is 9.59 Å². The van der Waals surface area contributed by atoms with E-state index < -0.39 is 5.41 Å². The maximum absolute atomic E-state index is 12.8. The molecule has 0 aromatic heterocycles. The van der Waals surface area contributed by atoms with Crippen molar-refractivity contribution in [2.75, 3.05) is 18.4 Å². The highest BCUT2D eigenvalue weighted by molar-refractivity contribution is 6.04. The number of rotatable bonds is 3. The van der Waals surface area contributed by atoms with Gasteiger partial charge in [-0.25, -0.2) is 0 Å². The van der Waals surface area contributed by atoms with Crippen LogP contribution in [0.1, 0.15) is 64.7 Å². The lowest BCUT2D eigenvalue weighted by atomic mass is 9.90. The van der Waals surface area contributed by atoms with E-state index in [0.29, 0.717) is 37.2 Å². The number of hydrogen-bond donors (Lipinski definition) is 2. The molecule has 0 spiro atoms. The average molecular weight is 388 g/mol. The van der Waals surface area contributed by atoms with Crippen LogP contribution >= 0.6 is 0 Å². The molecule has 3 amide bonds. The van der Waals surface area contributed by atoms with Gasteiger partial charge in [0.1, 0.15) is 0 Å². The number of likely N-dealkylation sites (tertiary alicyclic amines) is 1. The van der Waals surface area contributed by atoms with E-state index in [1.165, 1.54) is 0 Å². The van der Waals surface area contributed by atoms with E-state index in [9.17, 15) is 14.4 Å². The highest BCUT2D eigenvalue weighted by Crippen LogP contribution is 2.25. The van der Waals surface area contributed by atoms with Crippen molar-refractivity contribution in [3.8, 4) is 0 Å². The fourth-order valence-electron chi connectivity index (χ4n) is 3.25. The molecule has 28 heavy (non-hydrogen) atoms. The van der Waals surface area contributed by atoms with Crippen LogP contribution in [0.4, 0.5) is 5.69 Å². The third-order valence-corrected chi connectivity index (χ3v) is 4.71. The Balaban J connectivity index is 2.01. The second-order valence-corrected chi connectivity index (χ2v) is 9.56. The number of nitrogens with one attached hydrogen (secondary N) is 2. The number of hydrogen-bond acceptors (Lipinski definition) is 3. The first kappa shape index (κ1) is 21.9. The van der Waals surface area contributed by atoms with Gasteiger partial charge in [0.05, 0.1) is 11.3 Å². The Labute approximate surface area is 168 Å². The van der Waals surface area contributed by atoms with Crippen LogP contribution < -0.4 is 10.6 Å². The molecule has 154 valence electrons. The molecule has 1 heterocycles. The van der Waals surface area contributed by atoms with Gasteiger partial charge in [-0.15, -0.1) is 0 Å². The zero-order valence-electron chi connectivity index (χ0n) is 17.9. The van der Waals surface area contributed by atoms with Gasteiger partial charge in [0.15, 0.2) is 0 Å². The van der Waals surface area contributed by atoms with Crippen LogP contribution in [0, 0.1) is 11.3 Å². The predicted molar refractivity (Wildman–Crippen MR) is 111 cm³/mol. The van der Waals surface area contributed by atoms with Crippen molar-refractivity contribution in [1.29, 1.82) is 0 Å². The molecule has 0 aliphatic carbocycles. The molecule has 1 aliphatic heterocycles. The van der Waals surface area contributed by atoms with Gasteiger partial charge in [0, 0.05) is 30.0 Å². The highest BCUT2D eigenvalue weighted by atomic mass is 16.2. The minimum atomic E-state index is -0.408. The molecule has 1 aliphatic rings. The molecule has 0 bridgehead atoms. The predicted octanol–water partition coefficient (Wildman–Crippen LogP) is 3.44. The second-order valence-electron chi connectivity index (χ2n) is 9.56. The minimum absolute atomic E-state index is 0.0983. The molecular weight excluding hydrogens is 354 g/mol. The molecule has 0 atom stereocenters. The molecule has 1 saturated heterocycles. The first-order valence-corrected chi connectivity index (χ1v) is 9.90. The third-order valence-electron chi connectivity index (χ3n) is 4.71. The summed E-state index contributed by atoms with van der Waals surface area (Å²) < 4.78 is 0. The maximum atomic E-state index is 12.8. The summed E-state index contributed by atoms with van der Waals surface area (Å²) in [6.45, 7) is 12.6. The largest absolute Gasteiger partial charge is 0.347 e. The lowest BCUT2D eigenvalue weighted by Crippen LogP contribution is -2.46. The summed E-state index contributed by atoms with van der Waals surface area (Å²) in [5.41, 5.74) is 0.197. The first-order chi connectivity index (χ1) is 12.9. The van der Waals surface area contributed by atoms with Gasteiger partial charge in [0.2, 0.25) is 11.8 Å². The zero-order chi connectivity index (χ0) is 21.1. The van der Waals surface area contributed by atoms with Crippen LogP contribution in [0.15, 0.2) is 24.3 Å². The second kappa shape index (κ2) is 8.33. The number of benzene rings is 1. The highest BCUT2D eigenvalue weighted by Gasteiger charge is 2.32. The van der Waals surface area contributed by atoms with Crippen LogP contribution in [0.3, 0.4) is 0 Å². The summed E-state index contributed by atoms with van der Waals surface area (Å²) in [4.78, 5) is 39.5. The monoisotopic (exact) mass is 387 g/mol. The summed E-state index contributed by atoms with van der Waals surface area (Å²) in [5, 5.41) is 5.84. The Morgan fingerprint density at radius 1 is 0.964 bits per heavy atom. The van der Waals surface area contributed by atoms with Crippen molar-refractivity contribution in [3.63, 3.8) is 0 Å². The van der Waals surface area contributed by atoms with Crippen LogP contribution in [0.2, 0.25) is 0 Å². The number of nitrogens with zero attached hydrogens (tertiary/aromatic N) is 1. The van der Waals surface area contributed by atoms with Crippen molar-refractivity contribution < 1.29 is 14.4 Å². The van der Waals surface area contributed by atoms with E-state index in [0.717, 1.165) is 0 Å². The molecule has 1 aromatic rings. The molecule has 1 aromatic carbocycles. The van der Waals surface area contributed by atoms with E-state index in [4.69, 9.17) is 0 Å². The Bertz CT molecular complexity index is 736. The fourth-order valence-corrected chi connectivity index (χ4v) is 3.25. The van der Waals surface area contributed by atoms with Gasteiger partial charge >= 0.3 is 0 Å². The number of para-hydroxylation sites is 1. The van der Waals surface area contributed by atoms with Crippen molar-refractivity contribution >= 4 is 23.4 Å². The Kier molecular flexibility index (Phi) is 6.52. The number of amides is 3. The van der Waals surface area contributed by atoms with Gasteiger partial charge in [0.25, 0.3) is 5.91 Å². The van der Waals surface area contributed by atoms with Gasteiger partial charge in [-0.05, 0) is 45.7 Å². The molecule has 0 radical (unpaired) electrons. The first-order valence-electron chi connectivity index (χ1n) is 9.90. The van der Waals surface area contributed by atoms with Gasteiger partial charge < -0.3 is 15.5 Å². The van der Waals surface area contributed by atoms with Crippen LogP contribution in [-0.4, -0.2) is 41.2 Å². The van der Waals surface area contributed by atoms with Crippen molar-refractivity contribution in [1.82, 2.24) is 10.2 Å². The summed E-state index contributed by atoms with van der Waals surface area (Å²) in [5.74, 6) is -0.355. The van der Waals surface area contributed by atoms with Crippen molar-refractivity contribution in [2.24, 2.45) is 11.3 Å². The quantitative estimate of drug-likeness (QED) is 0.834. The molecule has 0 unspecified atom stereocenters. The van der Waals surface area contributed by atoms with E-state index in [1.54, 1.807) is 24.3 Å². The minimum Gasteiger partial charge on any atom is -0.347 e. The zero-order valence-corrected chi connectivity index (χ0v) is 17.9. The standard InChI is InChI=1S/C22H33N3O3/c1-21(2,3)20(28)25-13-11-15(12-14-25)18(26)23-17-10-8-7-9-16(17)19(27)24-22(4,5)6/h7-10,15H,11-14H2,1-6H3,(H,23,26)(H,24,27). The van der Waals surface area contributed by atoms with E-state index in [-0.39, 0.29) is 29.2 Å². The molecule has 1 fully saturated rings. The van der Waals surface area contributed by atoms with Gasteiger partial charge in [-0.3, -0.25) is 14.4 Å². The van der Waals surface area contributed by atoms with Crippen molar-refractivity contribution in [2.45, 2.75) is 59.9 Å².